The Labute approximate surface area is 221 Å². The average molecular weight is 517 g/mol. The van der Waals surface area contributed by atoms with Crippen molar-refractivity contribution in [2.75, 3.05) is 55.0 Å². The number of aromatic nitrogens is 1. The van der Waals surface area contributed by atoms with Crippen LogP contribution in [0.4, 0.5) is 23.0 Å². The second kappa shape index (κ2) is 9.81. The van der Waals surface area contributed by atoms with E-state index in [0.717, 1.165) is 69.2 Å². The zero-order chi connectivity index (χ0) is 26.3. The highest BCUT2D eigenvalue weighted by Crippen LogP contribution is 2.40. The van der Waals surface area contributed by atoms with Crippen LogP contribution in [-0.2, 0) is 9.53 Å². The summed E-state index contributed by atoms with van der Waals surface area (Å²) in [5.41, 5.74) is 11.4. The number of hydrogen-bond acceptors (Lipinski definition) is 7. The normalized spacial score (nSPS) is 22.3. The molecule has 4 aliphatic rings. The number of carbonyl (C=O) groups excluding carboxylic acids is 2. The van der Waals surface area contributed by atoms with E-state index in [1.807, 2.05) is 41.3 Å². The summed E-state index contributed by atoms with van der Waals surface area (Å²) in [7, 11) is 1.74. The molecule has 4 heterocycles. The molecule has 11 nitrogen and oxygen atoms in total. The lowest BCUT2D eigenvalue weighted by Gasteiger charge is -2.54. The smallest absolute Gasteiger partial charge is 0.253 e. The fourth-order valence-corrected chi connectivity index (χ4v) is 6.14. The van der Waals surface area contributed by atoms with Gasteiger partial charge in [0.05, 0.1) is 30.9 Å². The summed E-state index contributed by atoms with van der Waals surface area (Å²) in [6.45, 7) is 3.10. The molecular formula is C27H32N8O3. The highest BCUT2D eigenvalue weighted by Gasteiger charge is 2.50. The number of rotatable bonds is 6. The molecule has 1 saturated carbocycles. The summed E-state index contributed by atoms with van der Waals surface area (Å²) >= 11 is 0. The maximum absolute atomic E-state index is 13.3. The Morgan fingerprint density at radius 1 is 1.16 bits per heavy atom. The molecule has 1 aromatic carbocycles. The summed E-state index contributed by atoms with van der Waals surface area (Å²) in [6.07, 6.45) is 5.34. The van der Waals surface area contributed by atoms with Gasteiger partial charge in [-0.3, -0.25) is 9.59 Å². The van der Waals surface area contributed by atoms with E-state index in [1.54, 1.807) is 11.9 Å². The molecule has 1 atom stereocenters. The van der Waals surface area contributed by atoms with Crippen LogP contribution >= 0.6 is 0 Å². The number of fused-ring (bicyclic) bond motifs is 1. The maximum atomic E-state index is 13.3. The standard InChI is InChI=1S/C27H32N8O3/c1-33-21-11-12-23(30-19-9-7-18(8-10-19)25(36)34-14-27(15-34)16-38-17-27)31-24(21)35(20-5-3-2-4-6-20)22(26(33)37)13-29-32-28/h7-12,20,22H,2-6,13-17H2,1H3,(H,30,31)/t22-/m1/s1. The van der Waals surface area contributed by atoms with E-state index in [2.05, 4.69) is 20.2 Å². The Morgan fingerprint density at radius 2 is 1.89 bits per heavy atom. The van der Waals surface area contributed by atoms with Crippen LogP contribution in [0.25, 0.3) is 10.4 Å². The molecule has 1 N–H and O–H groups in total. The Bertz CT molecular complexity index is 1270. The molecule has 1 aromatic heterocycles. The zero-order valence-corrected chi connectivity index (χ0v) is 21.5. The summed E-state index contributed by atoms with van der Waals surface area (Å²) in [4.78, 5) is 39.5. The number of nitrogens with zero attached hydrogens (tertiary/aromatic N) is 7. The fraction of sp³-hybridized carbons (Fsp3) is 0.519. The van der Waals surface area contributed by atoms with E-state index in [-0.39, 0.29) is 29.8 Å². The van der Waals surface area contributed by atoms with Gasteiger partial charge in [-0.25, -0.2) is 4.98 Å². The van der Waals surface area contributed by atoms with Crippen molar-refractivity contribution in [1.29, 1.82) is 0 Å². The van der Waals surface area contributed by atoms with Crippen LogP contribution in [0.15, 0.2) is 41.5 Å². The lowest BCUT2D eigenvalue weighted by molar-refractivity contribution is -0.176. The quantitative estimate of drug-likeness (QED) is 0.350. The molecule has 3 fully saturated rings. The number of likely N-dealkylation sites (N-methyl/N-ethyl adjacent to an activating group) is 1. The number of benzene rings is 1. The van der Waals surface area contributed by atoms with Gasteiger partial charge in [-0.05, 0) is 54.8 Å². The van der Waals surface area contributed by atoms with Gasteiger partial charge in [0.15, 0.2) is 5.82 Å². The van der Waals surface area contributed by atoms with E-state index in [1.165, 1.54) is 6.42 Å². The minimum atomic E-state index is -0.577. The molecule has 0 radical (unpaired) electrons. The number of amides is 2. The van der Waals surface area contributed by atoms with E-state index in [9.17, 15) is 9.59 Å². The van der Waals surface area contributed by atoms with Crippen LogP contribution in [0.1, 0.15) is 42.5 Å². The van der Waals surface area contributed by atoms with Crippen LogP contribution in [-0.4, -0.2) is 73.7 Å². The largest absolute Gasteiger partial charge is 0.380 e. The highest BCUT2D eigenvalue weighted by atomic mass is 16.5. The number of pyridine rings is 1. The molecule has 2 saturated heterocycles. The number of ether oxygens (including phenoxy) is 1. The number of azide groups is 1. The summed E-state index contributed by atoms with van der Waals surface area (Å²) in [6, 6.07) is 10.8. The first-order valence-electron chi connectivity index (χ1n) is 13.3. The predicted octanol–water partition coefficient (Wildman–Crippen LogP) is 4.09. The van der Waals surface area contributed by atoms with Gasteiger partial charge in [0.25, 0.3) is 5.91 Å². The molecule has 1 spiro atoms. The molecule has 2 amide bonds. The summed E-state index contributed by atoms with van der Waals surface area (Å²) in [5.74, 6) is 1.32. The van der Waals surface area contributed by atoms with Crippen LogP contribution in [0.3, 0.4) is 0 Å². The van der Waals surface area contributed by atoms with Crippen molar-refractivity contribution in [3.63, 3.8) is 0 Å². The van der Waals surface area contributed by atoms with E-state index >= 15 is 0 Å². The van der Waals surface area contributed by atoms with Gasteiger partial charge in [-0.15, -0.1) is 0 Å². The van der Waals surface area contributed by atoms with Crippen LogP contribution in [0.5, 0.6) is 0 Å². The first-order valence-corrected chi connectivity index (χ1v) is 13.3. The van der Waals surface area contributed by atoms with Gasteiger partial charge in [0.2, 0.25) is 5.91 Å². The zero-order valence-electron chi connectivity index (χ0n) is 21.5. The molecule has 0 bridgehead atoms. The lowest BCUT2D eigenvalue weighted by Crippen LogP contribution is -2.67. The summed E-state index contributed by atoms with van der Waals surface area (Å²) in [5, 5.41) is 7.11. The third-order valence-corrected chi connectivity index (χ3v) is 8.26. The third kappa shape index (κ3) is 4.31. The topological polar surface area (TPSA) is 127 Å². The van der Waals surface area contributed by atoms with Crippen molar-refractivity contribution in [1.82, 2.24) is 9.88 Å². The fourth-order valence-electron chi connectivity index (χ4n) is 6.14. The minimum absolute atomic E-state index is 0.0443. The summed E-state index contributed by atoms with van der Waals surface area (Å²) < 4.78 is 5.30. The van der Waals surface area contributed by atoms with Gasteiger partial charge in [0.1, 0.15) is 11.9 Å². The van der Waals surface area contributed by atoms with Crippen molar-refractivity contribution in [2.24, 2.45) is 10.5 Å². The first kappa shape index (κ1) is 24.5. The van der Waals surface area contributed by atoms with Crippen molar-refractivity contribution < 1.29 is 14.3 Å². The second-order valence-electron chi connectivity index (χ2n) is 10.9. The van der Waals surface area contributed by atoms with E-state index in [4.69, 9.17) is 15.3 Å². The third-order valence-electron chi connectivity index (χ3n) is 8.26. The molecule has 3 aliphatic heterocycles. The maximum Gasteiger partial charge on any atom is 0.253 e. The Morgan fingerprint density at radius 3 is 2.55 bits per heavy atom. The molecular weight excluding hydrogens is 484 g/mol. The number of carbonyl (C=O) groups is 2. The van der Waals surface area contributed by atoms with Crippen molar-refractivity contribution in [2.45, 2.75) is 44.2 Å². The van der Waals surface area contributed by atoms with Gasteiger partial charge in [0, 0.05) is 42.3 Å². The Hall–Kier alpha value is -3.82. The number of hydrogen-bond donors (Lipinski definition) is 1. The minimum Gasteiger partial charge on any atom is -0.380 e. The Kier molecular flexibility index (Phi) is 6.33. The van der Waals surface area contributed by atoms with Gasteiger partial charge in [-0.2, -0.15) is 0 Å². The molecule has 2 aromatic rings. The van der Waals surface area contributed by atoms with Crippen LogP contribution < -0.4 is 15.1 Å². The van der Waals surface area contributed by atoms with Crippen LogP contribution in [0.2, 0.25) is 0 Å². The number of likely N-dealkylation sites (tertiary alicyclic amines) is 1. The monoisotopic (exact) mass is 516 g/mol. The van der Waals surface area contributed by atoms with Gasteiger partial charge in [-0.1, -0.05) is 24.4 Å². The number of nitrogens with one attached hydrogen (secondary N) is 1. The van der Waals surface area contributed by atoms with E-state index < -0.39 is 6.04 Å². The molecule has 0 unspecified atom stereocenters. The molecule has 11 heteroatoms. The van der Waals surface area contributed by atoms with Gasteiger partial charge >= 0.3 is 0 Å². The second-order valence-corrected chi connectivity index (χ2v) is 10.9. The molecule has 198 valence electrons. The first-order chi connectivity index (χ1) is 18.5. The SMILES string of the molecule is CN1C(=O)[C@@H](CN=[N+]=[N-])N(C2CCCCC2)c2nc(Nc3ccc(C(=O)N4CC5(COC5)C4)cc3)ccc21. The van der Waals surface area contributed by atoms with Crippen molar-refractivity contribution in [3.8, 4) is 0 Å². The molecule has 38 heavy (non-hydrogen) atoms. The number of anilines is 4. The average Bonchev–Trinajstić information content (AvgIpc) is 2.89. The lowest BCUT2D eigenvalue weighted by atomic mass is 9.78. The van der Waals surface area contributed by atoms with Gasteiger partial charge < -0.3 is 24.8 Å². The Balaban J connectivity index is 1.22. The molecule has 6 rings (SSSR count). The van der Waals surface area contributed by atoms with Crippen molar-refractivity contribution in [3.05, 3.63) is 52.4 Å². The predicted molar refractivity (Wildman–Crippen MR) is 144 cm³/mol. The van der Waals surface area contributed by atoms with Crippen LogP contribution in [0, 0.1) is 5.41 Å². The van der Waals surface area contributed by atoms with Crippen molar-refractivity contribution >= 4 is 34.8 Å². The highest BCUT2D eigenvalue weighted by molar-refractivity contribution is 6.05. The molecule has 1 aliphatic carbocycles. The van der Waals surface area contributed by atoms with E-state index in [0.29, 0.717) is 11.4 Å².